The van der Waals surface area contributed by atoms with Crippen molar-refractivity contribution in [2.45, 2.75) is 19.0 Å². The average molecular weight is 328 g/mol. The summed E-state index contributed by atoms with van der Waals surface area (Å²) in [6.07, 6.45) is -3.21. The van der Waals surface area contributed by atoms with Gasteiger partial charge in [0.05, 0.1) is 0 Å². The van der Waals surface area contributed by atoms with Crippen molar-refractivity contribution in [3.05, 3.63) is 18.0 Å². The minimum Gasteiger partial charge on any atom is -0.356 e. The molecule has 10 heteroatoms. The summed E-state index contributed by atoms with van der Waals surface area (Å²) in [6.45, 7) is 1.72. The molecule has 7 nitrogen and oxygen atoms in total. The molecule has 1 aliphatic heterocycles. The van der Waals surface area contributed by atoms with Crippen LogP contribution in [0, 0.1) is 0 Å². The van der Waals surface area contributed by atoms with E-state index in [1.807, 2.05) is 0 Å². The van der Waals surface area contributed by atoms with Crippen LogP contribution >= 0.6 is 0 Å². The molecule has 0 bridgehead atoms. The summed E-state index contributed by atoms with van der Waals surface area (Å²) in [5.41, 5.74) is 0.0317. The predicted octanol–water partition coefficient (Wildman–Crippen LogP) is 1.20. The number of carbonyl (C=O) groups excluding carboxylic acids is 1. The van der Waals surface area contributed by atoms with Gasteiger partial charge in [-0.2, -0.15) is 17.7 Å². The van der Waals surface area contributed by atoms with E-state index in [0.29, 0.717) is 29.8 Å². The van der Waals surface area contributed by atoms with E-state index in [1.54, 1.807) is 22.9 Å². The number of rotatable bonds is 4. The van der Waals surface area contributed by atoms with E-state index in [1.165, 1.54) is 6.07 Å². The SMILES string of the molecule is CN(CCN1CCCC1=O)c1ccc2nnc(C(F)(F)F)n2n1. The number of likely N-dealkylation sites (tertiary alicyclic amines) is 1. The van der Waals surface area contributed by atoms with Gasteiger partial charge in [0.1, 0.15) is 5.82 Å². The van der Waals surface area contributed by atoms with Crippen LogP contribution in [-0.4, -0.2) is 57.3 Å². The molecule has 0 N–H and O–H groups in total. The van der Waals surface area contributed by atoms with Crippen LogP contribution in [-0.2, 0) is 11.0 Å². The van der Waals surface area contributed by atoms with Crippen LogP contribution in [0.4, 0.5) is 19.0 Å². The molecule has 3 rings (SSSR count). The van der Waals surface area contributed by atoms with E-state index in [9.17, 15) is 18.0 Å². The number of halogens is 3. The summed E-state index contributed by atoms with van der Waals surface area (Å²) in [7, 11) is 1.71. The summed E-state index contributed by atoms with van der Waals surface area (Å²) in [5.74, 6) is -0.688. The van der Waals surface area contributed by atoms with Crippen molar-refractivity contribution in [3.8, 4) is 0 Å². The second kappa shape index (κ2) is 5.67. The molecule has 23 heavy (non-hydrogen) atoms. The van der Waals surface area contributed by atoms with Crippen LogP contribution in [0.5, 0.6) is 0 Å². The van der Waals surface area contributed by atoms with Gasteiger partial charge in [0.2, 0.25) is 5.91 Å². The molecule has 0 atom stereocenters. The topological polar surface area (TPSA) is 66.6 Å². The van der Waals surface area contributed by atoms with Crippen LogP contribution in [0.25, 0.3) is 5.65 Å². The number of carbonyl (C=O) groups is 1. The van der Waals surface area contributed by atoms with E-state index in [-0.39, 0.29) is 11.6 Å². The molecule has 1 fully saturated rings. The fraction of sp³-hybridized carbons (Fsp3) is 0.538. The van der Waals surface area contributed by atoms with Crippen molar-refractivity contribution in [2.24, 2.45) is 0 Å². The van der Waals surface area contributed by atoms with Crippen molar-refractivity contribution in [1.82, 2.24) is 24.7 Å². The van der Waals surface area contributed by atoms with Gasteiger partial charge in [0, 0.05) is 33.1 Å². The monoisotopic (exact) mass is 328 g/mol. The molecule has 2 aromatic rings. The number of anilines is 1. The Balaban J connectivity index is 1.77. The molecular formula is C13H15F3N6O. The number of hydrogen-bond donors (Lipinski definition) is 0. The highest BCUT2D eigenvalue weighted by Gasteiger charge is 2.37. The largest absolute Gasteiger partial charge is 0.453 e. The van der Waals surface area contributed by atoms with Gasteiger partial charge >= 0.3 is 6.18 Å². The lowest BCUT2D eigenvalue weighted by Gasteiger charge is -2.22. The van der Waals surface area contributed by atoms with Crippen LogP contribution in [0.1, 0.15) is 18.7 Å². The van der Waals surface area contributed by atoms with Crippen LogP contribution < -0.4 is 4.90 Å². The normalized spacial score (nSPS) is 15.7. The third-order valence-electron chi connectivity index (χ3n) is 3.77. The molecular weight excluding hydrogens is 313 g/mol. The van der Waals surface area contributed by atoms with E-state index >= 15 is 0 Å². The van der Waals surface area contributed by atoms with Crippen molar-refractivity contribution >= 4 is 17.4 Å². The molecule has 1 saturated heterocycles. The molecule has 0 saturated carbocycles. The van der Waals surface area contributed by atoms with Gasteiger partial charge in [-0.15, -0.1) is 15.3 Å². The first kappa shape index (κ1) is 15.5. The van der Waals surface area contributed by atoms with Crippen molar-refractivity contribution < 1.29 is 18.0 Å². The maximum absolute atomic E-state index is 12.9. The van der Waals surface area contributed by atoms with Gasteiger partial charge in [0.15, 0.2) is 5.65 Å². The van der Waals surface area contributed by atoms with Crippen molar-refractivity contribution in [1.29, 1.82) is 0 Å². The van der Waals surface area contributed by atoms with Crippen LogP contribution in [0.2, 0.25) is 0 Å². The molecule has 124 valence electrons. The van der Waals surface area contributed by atoms with Gasteiger partial charge in [-0.1, -0.05) is 0 Å². The third-order valence-corrected chi connectivity index (χ3v) is 3.77. The van der Waals surface area contributed by atoms with Crippen LogP contribution in [0.3, 0.4) is 0 Å². The molecule has 0 radical (unpaired) electrons. The maximum Gasteiger partial charge on any atom is 0.453 e. The highest BCUT2D eigenvalue weighted by Crippen LogP contribution is 2.27. The zero-order valence-corrected chi connectivity index (χ0v) is 12.4. The Morgan fingerprint density at radius 2 is 2.09 bits per heavy atom. The second-order valence-electron chi connectivity index (χ2n) is 5.39. The molecule has 0 unspecified atom stereocenters. The molecule has 1 amide bonds. The number of aromatic nitrogens is 4. The number of fused-ring (bicyclic) bond motifs is 1. The minimum absolute atomic E-state index is 0.0317. The van der Waals surface area contributed by atoms with Gasteiger partial charge < -0.3 is 9.80 Å². The number of amides is 1. The lowest BCUT2D eigenvalue weighted by atomic mass is 10.4. The van der Waals surface area contributed by atoms with E-state index < -0.39 is 12.0 Å². The molecule has 3 heterocycles. The Morgan fingerprint density at radius 3 is 2.74 bits per heavy atom. The second-order valence-corrected chi connectivity index (χ2v) is 5.39. The zero-order valence-electron chi connectivity index (χ0n) is 12.4. The summed E-state index contributed by atoms with van der Waals surface area (Å²) in [6, 6.07) is 3.01. The molecule has 1 aliphatic rings. The number of nitrogens with zero attached hydrogens (tertiary/aromatic N) is 6. The summed E-state index contributed by atoms with van der Waals surface area (Å²) in [5, 5.41) is 10.6. The first-order valence-electron chi connectivity index (χ1n) is 7.15. The zero-order chi connectivity index (χ0) is 16.6. The lowest BCUT2D eigenvalue weighted by Crippen LogP contribution is -2.34. The molecule has 0 aliphatic carbocycles. The standard InChI is InChI=1S/C13H15F3N6O/c1-20(7-8-21-6-2-3-11(21)23)10-5-4-9-17-18-12(13(14,15)16)22(9)19-10/h4-5H,2-3,6-8H2,1H3. The smallest absolute Gasteiger partial charge is 0.356 e. The molecule has 0 spiro atoms. The Bertz CT molecular complexity index is 728. The number of hydrogen-bond acceptors (Lipinski definition) is 5. The summed E-state index contributed by atoms with van der Waals surface area (Å²) < 4.78 is 39.3. The highest BCUT2D eigenvalue weighted by molar-refractivity contribution is 5.78. The lowest BCUT2D eigenvalue weighted by molar-refractivity contribution is -0.146. The van der Waals surface area contributed by atoms with E-state index in [2.05, 4.69) is 15.3 Å². The fourth-order valence-corrected chi connectivity index (χ4v) is 2.49. The van der Waals surface area contributed by atoms with Crippen molar-refractivity contribution in [2.75, 3.05) is 31.6 Å². The van der Waals surface area contributed by atoms with Crippen molar-refractivity contribution in [3.63, 3.8) is 0 Å². The quantitative estimate of drug-likeness (QED) is 0.844. The van der Waals surface area contributed by atoms with Gasteiger partial charge in [-0.25, -0.2) is 0 Å². The van der Waals surface area contributed by atoms with Gasteiger partial charge in [-0.05, 0) is 18.6 Å². The Kier molecular flexibility index (Phi) is 3.82. The Morgan fingerprint density at radius 1 is 1.30 bits per heavy atom. The minimum atomic E-state index is -4.62. The van der Waals surface area contributed by atoms with E-state index in [4.69, 9.17) is 0 Å². The fourth-order valence-electron chi connectivity index (χ4n) is 2.49. The number of alkyl halides is 3. The first-order valence-corrected chi connectivity index (χ1v) is 7.15. The highest BCUT2D eigenvalue weighted by atomic mass is 19.4. The predicted molar refractivity (Wildman–Crippen MR) is 74.9 cm³/mol. The Hall–Kier alpha value is -2.39. The van der Waals surface area contributed by atoms with Gasteiger partial charge in [0.25, 0.3) is 5.82 Å². The number of likely N-dealkylation sites (N-methyl/N-ethyl adjacent to an activating group) is 1. The molecule has 2 aromatic heterocycles. The van der Waals surface area contributed by atoms with Crippen LogP contribution in [0.15, 0.2) is 12.1 Å². The molecule has 0 aromatic carbocycles. The summed E-state index contributed by atoms with van der Waals surface area (Å²) in [4.78, 5) is 15.0. The maximum atomic E-state index is 12.9. The average Bonchev–Trinajstić information content (AvgIpc) is 3.09. The van der Waals surface area contributed by atoms with E-state index in [0.717, 1.165) is 13.0 Å². The summed E-state index contributed by atoms with van der Waals surface area (Å²) >= 11 is 0. The van der Waals surface area contributed by atoms with Gasteiger partial charge in [-0.3, -0.25) is 4.79 Å². The Labute approximate surface area is 129 Å². The first-order chi connectivity index (χ1) is 10.9. The third kappa shape index (κ3) is 3.06.